The van der Waals surface area contributed by atoms with Crippen molar-refractivity contribution in [3.8, 4) is 0 Å². The standard InChI is InChI=1S/C19H18N2O2S/c1-13-7-9-15(10-8-13)20-19(22)17-5-3-4-6-18(17)24-12-16-11-14(2)21-23-16/h3-11H,12H2,1-2H3,(H,20,22). The number of hydrogen-bond acceptors (Lipinski definition) is 4. The quantitative estimate of drug-likeness (QED) is 0.677. The van der Waals surface area contributed by atoms with Gasteiger partial charge < -0.3 is 9.84 Å². The molecule has 24 heavy (non-hydrogen) atoms. The number of amides is 1. The van der Waals surface area contributed by atoms with E-state index < -0.39 is 0 Å². The molecule has 0 aliphatic heterocycles. The molecule has 0 aliphatic rings. The van der Waals surface area contributed by atoms with Crippen LogP contribution in [-0.2, 0) is 5.75 Å². The van der Waals surface area contributed by atoms with Gasteiger partial charge in [-0.3, -0.25) is 4.79 Å². The molecule has 0 atom stereocenters. The Bertz CT molecular complexity index is 841. The Balaban J connectivity index is 1.72. The summed E-state index contributed by atoms with van der Waals surface area (Å²) in [6.07, 6.45) is 0. The Morgan fingerprint density at radius 2 is 1.88 bits per heavy atom. The zero-order valence-electron chi connectivity index (χ0n) is 13.6. The molecular weight excluding hydrogens is 320 g/mol. The van der Waals surface area contributed by atoms with Gasteiger partial charge in [-0.2, -0.15) is 0 Å². The second-order valence-electron chi connectivity index (χ2n) is 5.54. The molecule has 0 fully saturated rings. The highest BCUT2D eigenvalue weighted by Crippen LogP contribution is 2.27. The molecule has 0 aliphatic carbocycles. The van der Waals surface area contributed by atoms with Gasteiger partial charge in [0.2, 0.25) is 0 Å². The minimum atomic E-state index is -0.115. The van der Waals surface area contributed by atoms with Crippen LogP contribution in [0.5, 0.6) is 0 Å². The van der Waals surface area contributed by atoms with Crippen molar-refractivity contribution in [1.82, 2.24) is 5.16 Å². The third-order valence-electron chi connectivity index (χ3n) is 3.49. The lowest BCUT2D eigenvalue weighted by molar-refractivity contribution is 0.102. The number of hydrogen-bond donors (Lipinski definition) is 1. The van der Waals surface area contributed by atoms with Crippen molar-refractivity contribution >= 4 is 23.4 Å². The number of benzene rings is 2. The maximum atomic E-state index is 12.6. The molecule has 2 aromatic carbocycles. The number of nitrogens with one attached hydrogen (secondary N) is 1. The molecule has 5 heteroatoms. The smallest absolute Gasteiger partial charge is 0.256 e. The summed E-state index contributed by atoms with van der Waals surface area (Å²) in [7, 11) is 0. The maximum absolute atomic E-state index is 12.6. The molecule has 4 nitrogen and oxygen atoms in total. The number of aryl methyl sites for hydroxylation is 2. The number of anilines is 1. The Kier molecular flexibility index (Phi) is 5.01. The molecule has 0 saturated carbocycles. The molecule has 1 amide bonds. The summed E-state index contributed by atoms with van der Waals surface area (Å²) >= 11 is 1.56. The van der Waals surface area contributed by atoms with Gasteiger partial charge in [0, 0.05) is 16.6 Å². The first-order valence-corrected chi connectivity index (χ1v) is 8.62. The summed E-state index contributed by atoms with van der Waals surface area (Å²) in [4.78, 5) is 13.5. The van der Waals surface area contributed by atoms with E-state index >= 15 is 0 Å². The van der Waals surface area contributed by atoms with Gasteiger partial charge in [-0.15, -0.1) is 11.8 Å². The Hall–Kier alpha value is -2.53. The largest absolute Gasteiger partial charge is 0.360 e. The first-order valence-electron chi connectivity index (χ1n) is 7.64. The van der Waals surface area contributed by atoms with Crippen LogP contribution in [0.4, 0.5) is 5.69 Å². The summed E-state index contributed by atoms with van der Waals surface area (Å²) in [6.45, 7) is 3.91. The Morgan fingerprint density at radius 3 is 2.58 bits per heavy atom. The predicted octanol–water partition coefficient (Wildman–Crippen LogP) is 4.84. The third kappa shape index (κ3) is 4.06. The van der Waals surface area contributed by atoms with Gasteiger partial charge in [-0.1, -0.05) is 35.0 Å². The molecule has 122 valence electrons. The first kappa shape index (κ1) is 16.3. The van der Waals surface area contributed by atoms with Crippen molar-refractivity contribution in [1.29, 1.82) is 0 Å². The first-order chi connectivity index (χ1) is 11.6. The summed E-state index contributed by atoms with van der Waals surface area (Å²) in [5, 5.41) is 6.82. The van der Waals surface area contributed by atoms with E-state index in [0.717, 1.165) is 27.6 Å². The molecule has 0 bridgehead atoms. The van der Waals surface area contributed by atoms with Crippen LogP contribution in [0.2, 0.25) is 0 Å². The Labute approximate surface area is 145 Å². The molecule has 3 aromatic rings. The van der Waals surface area contributed by atoms with E-state index in [0.29, 0.717) is 11.3 Å². The van der Waals surface area contributed by atoms with Gasteiger partial charge >= 0.3 is 0 Å². The number of carbonyl (C=O) groups excluding carboxylic acids is 1. The van der Waals surface area contributed by atoms with E-state index in [9.17, 15) is 4.79 Å². The van der Waals surface area contributed by atoms with E-state index in [-0.39, 0.29) is 5.91 Å². The SMILES string of the molecule is Cc1ccc(NC(=O)c2ccccc2SCc2cc(C)no2)cc1. The lowest BCUT2D eigenvalue weighted by Gasteiger charge is -2.09. The molecule has 1 heterocycles. The van der Waals surface area contributed by atoms with Gasteiger partial charge in [0.1, 0.15) is 5.76 Å². The van der Waals surface area contributed by atoms with Gasteiger partial charge in [-0.25, -0.2) is 0 Å². The van der Waals surface area contributed by atoms with Crippen LogP contribution in [0, 0.1) is 13.8 Å². The van der Waals surface area contributed by atoms with Gasteiger partial charge in [-0.05, 0) is 38.1 Å². The summed E-state index contributed by atoms with van der Waals surface area (Å²) in [6, 6.07) is 17.2. The number of rotatable bonds is 5. The molecule has 1 N–H and O–H groups in total. The molecule has 3 rings (SSSR count). The predicted molar refractivity (Wildman–Crippen MR) is 96.4 cm³/mol. The third-order valence-corrected chi connectivity index (χ3v) is 4.58. The van der Waals surface area contributed by atoms with Crippen LogP contribution in [-0.4, -0.2) is 11.1 Å². The highest BCUT2D eigenvalue weighted by molar-refractivity contribution is 7.98. The molecule has 1 aromatic heterocycles. The fraction of sp³-hybridized carbons (Fsp3) is 0.158. The molecular formula is C19H18N2O2S. The monoisotopic (exact) mass is 338 g/mol. The molecule has 0 unspecified atom stereocenters. The Morgan fingerprint density at radius 1 is 1.12 bits per heavy atom. The fourth-order valence-corrected chi connectivity index (χ4v) is 3.17. The van der Waals surface area contributed by atoms with E-state index in [2.05, 4.69) is 10.5 Å². The highest BCUT2D eigenvalue weighted by atomic mass is 32.2. The maximum Gasteiger partial charge on any atom is 0.256 e. The molecule has 0 radical (unpaired) electrons. The van der Waals surface area contributed by atoms with Crippen LogP contribution in [0.25, 0.3) is 0 Å². The number of nitrogens with zero attached hydrogens (tertiary/aromatic N) is 1. The molecule has 0 spiro atoms. The average Bonchev–Trinajstić information content (AvgIpc) is 3.01. The van der Waals surface area contributed by atoms with E-state index in [1.165, 1.54) is 0 Å². The van der Waals surface area contributed by atoms with E-state index in [1.54, 1.807) is 11.8 Å². The summed E-state index contributed by atoms with van der Waals surface area (Å²) in [5.41, 5.74) is 3.46. The van der Waals surface area contributed by atoms with Gasteiger partial charge in [0.25, 0.3) is 5.91 Å². The van der Waals surface area contributed by atoms with Crippen molar-refractivity contribution < 1.29 is 9.32 Å². The van der Waals surface area contributed by atoms with Crippen LogP contribution in [0.15, 0.2) is 64.0 Å². The number of thioether (sulfide) groups is 1. The van der Waals surface area contributed by atoms with Crippen LogP contribution in [0.3, 0.4) is 0 Å². The summed E-state index contributed by atoms with van der Waals surface area (Å²) < 4.78 is 5.22. The molecule has 0 saturated heterocycles. The fourth-order valence-electron chi connectivity index (χ4n) is 2.25. The highest BCUT2D eigenvalue weighted by Gasteiger charge is 2.12. The second kappa shape index (κ2) is 7.36. The van der Waals surface area contributed by atoms with Gasteiger partial charge in [0.05, 0.1) is 17.0 Å². The van der Waals surface area contributed by atoms with E-state index in [4.69, 9.17) is 4.52 Å². The van der Waals surface area contributed by atoms with Crippen molar-refractivity contribution in [3.63, 3.8) is 0 Å². The van der Waals surface area contributed by atoms with Crippen LogP contribution in [0.1, 0.15) is 27.4 Å². The number of carbonyl (C=O) groups is 1. The lowest BCUT2D eigenvalue weighted by Crippen LogP contribution is -2.12. The van der Waals surface area contributed by atoms with Crippen LogP contribution >= 0.6 is 11.8 Å². The lowest BCUT2D eigenvalue weighted by atomic mass is 10.2. The van der Waals surface area contributed by atoms with Crippen molar-refractivity contribution in [3.05, 3.63) is 77.2 Å². The van der Waals surface area contributed by atoms with Crippen LogP contribution < -0.4 is 5.32 Å². The normalized spacial score (nSPS) is 10.6. The number of aromatic nitrogens is 1. The zero-order valence-corrected chi connectivity index (χ0v) is 14.4. The zero-order chi connectivity index (χ0) is 16.9. The minimum Gasteiger partial charge on any atom is -0.360 e. The second-order valence-corrected chi connectivity index (χ2v) is 6.56. The average molecular weight is 338 g/mol. The van der Waals surface area contributed by atoms with Crippen molar-refractivity contribution in [2.75, 3.05) is 5.32 Å². The van der Waals surface area contributed by atoms with Gasteiger partial charge in [0.15, 0.2) is 0 Å². The van der Waals surface area contributed by atoms with Crippen molar-refractivity contribution in [2.24, 2.45) is 0 Å². The topological polar surface area (TPSA) is 55.1 Å². The summed E-state index contributed by atoms with van der Waals surface area (Å²) in [5.74, 6) is 1.32. The van der Waals surface area contributed by atoms with E-state index in [1.807, 2.05) is 68.4 Å². The van der Waals surface area contributed by atoms with Crippen molar-refractivity contribution in [2.45, 2.75) is 24.5 Å². The minimum absolute atomic E-state index is 0.115.